The maximum Gasteiger partial charge on any atom is 0.265 e. The summed E-state index contributed by atoms with van der Waals surface area (Å²) in [7, 11) is 0. The van der Waals surface area contributed by atoms with E-state index in [4.69, 9.17) is 5.73 Å². The average Bonchev–Trinajstić information content (AvgIpc) is 2.81. The Kier molecular flexibility index (Phi) is 3.10. The summed E-state index contributed by atoms with van der Waals surface area (Å²) < 4.78 is 39.6. The van der Waals surface area contributed by atoms with E-state index in [1.807, 2.05) is 0 Å². The number of alkyl halides is 2. The number of aromatic nitrogens is 1. The second-order valence-electron chi connectivity index (χ2n) is 4.28. The highest BCUT2D eigenvalue weighted by molar-refractivity contribution is 7.21. The van der Waals surface area contributed by atoms with Crippen molar-refractivity contribution in [3.63, 3.8) is 0 Å². The van der Waals surface area contributed by atoms with Crippen LogP contribution in [0.2, 0.25) is 0 Å². The minimum absolute atomic E-state index is 0.0518. The number of nitrogens with zero attached hydrogens (tertiary/aromatic N) is 1. The summed E-state index contributed by atoms with van der Waals surface area (Å²) in [5.74, 6) is -0.375. The van der Waals surface area contributed by atoms with Crippen LogP contribution in [0.5, 0.6) is 0 Å². The van der Waals surface area contributed by atoms with Gasteiger partial charge in [-0.25, -0.2) is 18.2 Å². The van der Waals surface area contributed by atoms with Gasteiger partial charge in [-0.05, 0) is 30.3 Å². The van der Waals surface area contributed by atoms with Gasteiger partial charge in [0.2, 0.25) is 0 Å². The summed E-state index contributed by atoms with van der Waals surface area (Å²) in [6.45, 7) is 0. The second kappa shape index (κ2) is 4.79. The monoisotopic (exact) mass is 294 g/mol. The first-order valence-corrected chi connectivity index (χ1v) is 6.60. The third-order valence-corrected chi connectivity index (χ3v) is 4.00. The van der Waals surface area contributed by atoms with Crippen LogP contribution in [0.15, 0.2) is 36.4 Å². The molecule has 1 heterocycles. The van der Waals surface area contributed by atoms with Crippen LogP contribution < -0.4 is 5.73 Å². The number of hydrogen-bond donors (Lipinski definition) is 1. The molecule has 0 aliphatic rings. The smallest absolute Gasteiger partial charge is 0.265 e. The van der Waals surface area contributed by atoms with Crippen molar-refractivity contribution < 1.29 is 13.2 Å². The molecule has 0 aliphatic carbocycles. The molecule has 0 spiro atoms. The largest absolute Gasteiger partial charge is 0.398 e. The zero-order valence-electron chi connectivity index (χ0n) is 10.1. The number of thiazole rings is 1. The Balaban J connectivity index is 2.13. The van der Waals surface area contributed by atoms with E-state index in [2.05, 4.69) is 4.98 Å². The molecule has 102 valence electrons. The second-order valence-corrected chi connectivity index (χ2v) is 5.31. The van der Waals surface area contributed by atoms with Gasteiger partial charge in [-0.15, -0.1) is 11.3 Å². The van der Waals surface area contributed by atoms with Crippen LogP contribution in [0.25, 0.3) is 20.8 Å². The minimum atomic E-state index is -2.64. The summed E-state index contributed by atoms with van der Waals surface area (Å²) in [5.41, 5.74) is 6.42. The quantitative estimate of drug-likeness (QED) is 0.700. The molecule has 0 aliphatic heterocycles. The standard InChI is InChI=1S/C14H9F3N2S/c15-8-2-4-12-11(6-8)19-14(20-12)7-1-3-10(18)9(5-7)13(16)17/h1-6,13H,18H2. The molecular formula is C14H9F3N2S. The predicted molar refractivity (Wildman–Crippen MR) is 74.4 cm³/mol. The van der Waals surface area contributed by atoms with Gasteiger partial charge in [-0.1, -0.05) is 0 Å². The van der Waals surface area contributed by atoms with E-state index < -0.39 is 6.43 Å². The molecule has 2 N–H and O–H groups in total. The Morgan fingerprint density at radius 3 is 2.65 bits per heavy atom. The molecule has 20 heavy (non-hydrogen) atoms. The van der Waals surface area contributed by atoms with Crippen molar-refractivity contribution in [3.8, 4) is 10.6 Å². The molecule has 6 heteroatoms. The Bertz CT molecular complexity index is 783. The SMILES string of the molecule is Nc1ccc(-c2nc3cc(F)ccc3s2)cc1C(F)F. The van der Waals surface area contributed by atoms with E-state index in [1.165, 1.54) is 35.6 Å². The molecule has 0 saturated carbocycles. The lowest BCUT2D eigenvalue weighted by atomic mass is 10.1. The van der Waals surface area contributed by atoms with Crippen LogP contribution in [0.1, 0.15) is 12.0 Å². The predicted octanol–water partition coefficient (Wildman–Crippen LogP) is 4.62. The first-order valence-electron chi connectivity index (χ1n) is 5.78. The van der Waals surface area contributed by atoms with E-state index in [0.29, 0.717) is 16.1 Å². The van der Waals surface area contributed by atoms with Crippen LogP contribution in [0.4, 0.5) is 18.9 Å². The molecule has 3 aromatic rings. The van der Waals surface area contributed by atoms with Gasteiger partial charge in [0.1, 0.15) is 10.8 Å². The summed E-state index contributed by atoms with van der Waals surface area (Å²) in [6, 6.07) is 8.68. The van der Waals surface area contributed by atoms with Gasteiger partial charge in [-0.2, -0.15) is 0 Å². The van der Waals surface area contributed by atoms with Crippen LogP contribution in [-0.2, 0) is 0 Å². The number of benzene rings is 2. The van der Waals surface area contributed by atoms with E-state index in [1.54, 1.807) is 12.1 Å². The molecule has 0 fully saturated rings. The van der Waals surface area contributed by atoms with E-state index >= 15 is 0 Å². The lowest BCUT2D eigenvalue weighted by molar-refractivity contribution is 0.152. The number of halogens is 3. The average molecular weight is 294 g/mol. The third-order valence-electron chi connectivity index (χ3n) is 2.92. The van der Waals surface area contributed by atoms with Gasteiger partial charge in [0.05, 0.1) is 10.2 Å². The Morgan fingerprint density at radius 1 is 1.10 bits per heavy atom. The van der Waals surface area contributed by atoms with Crippen molar-refractivity contribution in [2.45, 2.75) is 6.43 Å². The van der Waals surface area contributed by atoms with E-state index in [0.717, 1.165) is 4.70 Å². The van der Waals surface area contributed by atoms with Crippen molar-refractivity contribution in [1.82, 2.24) is 4.98 Å². The Morgan fingerprint density at radius 2 is 1.90 bits per heavy atom. The number of anilines is 1. The van der Waals surface area contributed by atoms with Crippen LogP contribution in [0, 0.1) is 5.82 Å². The summed E-state index contributed by atoms with van der Waals surface area (Å²) in [6.07, 6.45) is -2.64. The van der Waals surface area contributed by atoms with Gasteiger partial charge < -0.3 is 5.73 Å². The zero-order chi connectivity index (χ0) is 14.3. The van der Waals surface area contributed by atoms with Crippen molar-refractivity contribution in [1.29, 1.82) is 0 Å². The highest BCUT2D eigenvalue weighted by Gasteiger charge is 2.14. The maximum atomic E-state index is 13.1. The molecule has 2 nitrogen and oxygen atoms in total. The topological polar surface area (TPSA) is 38.9 Å². The van der Waals surface area contributed by atoms with Crippen molar-refractivity contribution in [2.24, 2.45) is 0 Å². The third kappa shape index (κ3) is 2.22. The first-order chi connectivity index (χ1) is 9.54. The summed E-state index contributed by atoms with van der Waals surface area (Å²) in [5, 5.41) is 0.563. The molecule has 0 radical (unpaired) electrons. The molecule has 0 saturated heterocycles. The van der Waals surface area contributed by atoms with Gasteiger partial charge >= 0.3 is 0 Å². The number of hydrogen-bond acceptors (Lipinski definition) is 3. The number of nitrogens with two attached hydrogens (primary N) is 1. The van der Waals surface area contributed by atoms with Gasteiger partial charge in [0, 0.05) is 22.9 Å². The molecule has 2 aromatic carbocycles. The Hall–Kier alpha value is -2.08. The fourth-order valence-corrected chi connectivity index (χ4v) is 2.86. The maximum absolute atomic E-state index is 13.1. The minimum Gasteiger partial charge on any atom is -0.398 e. The highest BCUT2D eigenvalue weighted by atomic mass is 32.1. The molecule has 3 rings (SSSR count). The van der Waals surface area contributed by atoms with Crippen molar-refractivity contribution in [2.75, 3.05) is 5.73 Å². The zero-order valence-corrected chi connectivity index (χ0v) is 10.9. The summed E-state index contributed by atoms with van der Waals surface area (Å²) >= 11 is 1.32. The number of fused-ring (bicyclic) bond motifs is 1. The van der Waals surface area contributed by atoms with Gasteiger partial charge in [0.25, 0.3) is 6.43 Å². The van der Waals surface area contributed by atoms with Crippen molar-refractivity contribution in [3.05, 3.63) is 47.8 Å². The summed E-state index contributed by atoms with van der Waals surface area (Å²) in [4.78, 5) is 4.27. The lowest BCUT2D eigenvalue weighted by Crippen LogP contribution is -1.94. The number of nitrogen functional groups attached to an aromatic ring is 1. The highest BCUT2D eigenvalue weighted by Crippen LogP contribution is 2.34. The molecule has 1 aromatic heterocycles. The lowest BCUT2D eigenvalue weighted by Gasteiger charge is -2.05. The fourth-order valence-electron chi connectivity index (χ4n) is 1.92. The molecule has 0 unspecified atom stereocenters. The van der Waals surface area contributed by atoms with E-state index in [-0.39, 0.29) is 17.1 Å². The molecule has 0 atom stereocenters. The molecule has 0 amide bonds. The number of rotatable bonds is 2. The van der Waals surface area contributed by atoms with Crippen LogP contribution in [-0.4, -0.2) is 4.98 Å². The Labute approximate surface area is 116 Å². The fraction of sp³-hybridized carbons (Fsp3) is 0.0714. The normalized spacial score (nSPS) is 11.4. The van der Waals surface area contributed by atoms with Crippen LogP contribution in [0.3, 0.4) is 0 Å². The van der Waals surface area contributed by atoms with Crippen molar-refractivity contribution >= 4 is 27.2 Å². The van der Waals surface area contributed by atoms with Crippen LogP contribution >= 0.6 is 11.3 Å². The first kappa shape index (κ1) is 12.9. The van der Waals surface area contributed by atoms with Gasteiger partial charge in [0.15, 0.2) is 0 Å². The van der Waals surface area contributed by atoms with E-state index in [9.17, 15) is 13.2 Å². The molecule has 0 bridgehead atoms. The molecular weight excluding hydrogens is 285 g/mol. The van der Waals surface area contributed by atoms with Gasteiger partial charge in [-0.3, -0.25) is 0 Å².